The molecule has 0 heterocycles. The Bertz CT molecular complexity index is 486. The van der Waals surface area contributed by atoms with E-state index in [0.29, 0.717) is 6.04 Å². The third-order valence-corrected chi connectivity index (χ3v) is 4.77. The molecule has 0 radical (unpaired) electrons. The van der Waals surface area contributed by atoms with Crippen LogP contribution in [0, 0.1) is 22.0 Å². The van der Waals surface area contributed by atoms with Crippen LogP contribution in [0.3, 0.4) is 0 Å². The molecule has 0 aromatic heterocycles. The molecule has 4 nitrogen and oxygen atoms in total. The van der Waals surface area contributed by atoms with Crippen LogP contribution in [0.1, 0.15) is 31.2 Å². The fourth-order valence-electron chi connectivity index (χ4n) is 2.65. The molecule has 0 saturated heterocycles. The van der Waals surface area contributed by atoms with Crippen LogP contribution < -0.4 is 5.32 Å². The van der Waals surface area contributed by atoms with Gasteiger partial charge in [0.2, 0.25) is 0 Å². The van der Waals surface area contributed by atoms with Gasteiger partial charge >= 0.3 is 0 Å². The number of nitro benzene ring substituents is 1. The molecule has 2 aliphatic rings. The van der Waals surface area contributed by atoms with Gasteiger partial charge in [0.25, 0.3) is 5.69 Å². The smallest absolute Gasteiger partial charge is 0.270 e. The Labute approximate surface area is 120 Å². The topological polar surface area (TPSA) is 55.2 Å². The van der Waals surface area contributed by atoms with Crippen LogP contribution in [-0.4, -0.2) is 11.0 Å². The summed E-state index contributed by atoms with van der Waals surface area (Å²) in [6.45, 7) is 0.788. The summed E-state index contributed by atoms with van der Waals surface area (Å²) < 4.78 is 0.819. The highest BCUT2D eigenvalue weighted by molar-refractivity contribution is 9.10. The summed E-state index contributed by atoms with van der Waals surface area (Å²) in [6, 6.07) is 5.65. The van der Waals surface area contributed by atoms with Crippen molar-refractivity contribution in [3.8, 4) is 0 Å². The predicted molar refractivity (Wildman–Crippen MR) is 76.9 cm³/mol. The molecule has 19 heavy (non-hydrogen) atoms. The first-order chi connectivity index (χ1) is 9.15. The van der Waals surface area contributed by atoms with E-state index in [1.165, 1.54) is 25.7 Å². The summed E-state index contributed by atoms with van der Waals surface area (Å²) >= 11 is 3.43. The SMILES string of the molecule is O=[N+]([O-])c1ccc(CNC(C2CC2)C2CC2)c(Br)c1. The van der Waals surface area contributed by atoms with E-state index in [1.54, 1.807) is 12.1 Å². The minimum absolute atomic E-state index is 0.136. The van der Waals surface area contributed by atoms with E-state index in [9.17, 15) is 10.1 Å². The van der Waals surface area contributed by atoms with Gasteiger partial charge in [-0.05, 0) is 49.1 Å². The quantitative estimate of drug-likeness (QED) is 0.642. The summed E-state index contributed by atoms with van der Waals surface area (Å²) in [4.78, 5) is 10.3. The summed E-state index contributed by atoms with van der Waals surface area (Å²) in [7, 11) is 0. The first-order valence-corrected chi connectivity index (χ1v) is 7.60. The molecule has 0 aliphatic heterocycles. The lowest BCUT2D eigenvalue weighted by atomic mass is 10.1. The fraction of sp³-hybridized carbons (Fsp3) is 0.571. The molecular formula is C14H17BrN2O2. The van der Waals surface area contributed by atoms with Gasteiger partial charge in [0.05, 0.1) is 4.92 Å². The van der Waals surface area contributed by atoms with Crippen LogP contribution >= 0.6 is 15.9 Å². The molecule has 3 rings (SSSR count). The minimum Gasteiger partial charge on any atom is -0.309 e. The standard InChI is InChI=1S/C14H17BrN2O2/c15-13-7-12(17(18)19)6-5-11(13)8-16-14(9-1-2-9)10-3-4-10/h5-7,9-10,14,16H,1-4,8H2. The molecule has 0 bridgehead atoms. The molecule has 2 saturated carbocycles. The van der Waals surface area contributed by atoms with Crippen LogP contribution in [0.5, 0.6) is 0 Å². The Hall–Kier alpha value is -0.940. The largest absolute Gasteiger partial charge is 0.309 e. The Morgan fingerprint density at radius 1 is 1.32 bits per heavy atom. The molecule has 1 N–H and O–H groups in total. The van der Waals surface area contributed by atoms with Crippen LogP contribution in [0.2, 0.25) is 0 Å². The van der Waals surface area contributed by atoms with E-state index in [2.05, 4.69) is 21.2 Å². The molecule has 102 valence electrons. The second-order valence-corrected chi connectivity index (χ2v) is 6.47. The molecule has 2 fully saturated rings. The highest BCUT2D eigenvalue weighted by atomic mass is 79.9. The number of nitrogens with zero attached hydrogens (tertiary/aromatic N) is 1. The van der Waals surface area contributed by atoms with E-state index in [4.69, 9.17) is 0 Å². The van der Waals surface area contributed by atoms with Crippen molar-refractivity contribution in [2.24, 2.45) is 11.8 Å². The number of hydrogen-bond acceptors (Lipinski definition) is 3. The van der Waals surface area contributed by atoms with E-state index >= 15 is 0 Å². The monoisotopic (exact) mass is 324 g/mol. The summed E-state index contributed by atoms with van der Waals surface area (Å²) in [5.41, 5.74) is 1.23. The molecule has 2 aliphatic carbocycles. The Kier molecular flexibility index (Phi) is 3.58. The summed E-state index contributed by atoms with van der Waals surface area (Å²) in [5.74, 6) is 1.73. The van der Waals surface area contributed by atoms with Gasteiger partial charge in [-0.3, -0.25) is 10.1 Å². The van der Waals surface area contributed by atoms with Crippen LogP contribution in [-0.2, 0) is 6.54 Å². The highest BCUT2D eigenvalue weighted by Gasteiger charge is 2.40. The maximum Gasteiger partial charge on any atom is 0.270 e. The van der Waals surface area contributed by atoms with E-state index in [1.807, 2.05) is 6.07 Å². The maximum atomic E-state index is 10.7. The van der Waals surface area contributed by atoms with E-state index in [-0.39, 0.29) is 10.6 Å². The van der Waals surface area contributed by atoms with Crippen molar-refractivity contribution < 1.29 is 4.92 Å². The highest BCUT2D eigenvalue weighted by Crippen LogP contribution is 2.44. The van der Waals surface area contributed by atoms with Crippen molar-refractivity contribution in [2.75, 3.05) is 0 Å². The fourth-order valence-corrected chi connectivity index (χ4v) is 3.16. The van der Waals surface area contributed by atoms with Gasteiger partial charge in [0, 0.05) is 29.2 Å². The Morgan fingerprint density at radius 2 is 1.95 bits per heavy atom. The zero-order valence-corrected chi connectivity index (χ0v) is 12.2. The number of rotatable bonds is 6. The van der Waals surface area contributed by atoms with Gasteiger partial charge in [-0.2, -0.15) is 0 Å². The van der Waals surface area contributed by atoms with Crippen molar-refractivity contribution >= 4 is 21.6 Å². The maximum absolute atomic E-state index is 10.7. The van der Waals surface area contributed by atoms with Crippen molar-refractivity contribution in [3.05, 3.63) is 38.3 Å². The Morgan fingerprint density at radius 3 is 2.42 bits per heavy atom. The van der Waals surface area contributed by atoms with Gasteiger partial charge in [0.1, 0.15) is 0 Å². The van der Waals surface area contributed by atoms with Gasteiger partial charge in [-0.1, -0.05) is 15.9 Å². The molecule has 1 aromatic carbocycles. The Balaban J connectivity index is 1.64. The number of nitrogens with one attached hydrogen (secondary N) is 1. The average molecular weight is 325 g/mol. The molecule has 1 aromatic rings. The lowest BCUT2D eigenvalue weighted by Gasteiger charge is -2.18. The summed E-state index contributed by atoms with van der Waals surface area (Å²) in [5, 5.41) is 14.3. The number of non-ortho nitro benzene ring substituents is 1. The van der Waals surface area contributed by atoms with Crippen molar-refractivity contribution in [1.29, 1.82) is 0 Å². The van der Waals surface area contributed by atoms with Gasteiger partial charge in [-0.15, -0.1) is 0 Å². The van der Waals surface area contributed by atoms with Crippen molar-refractivity contribution in [1.82, 2.24) is 5.32 Å². The second-order valence-electron chi connectivity index (χ2n) is 5.61. The van der Waals surface area contributed by atoms with Gasteiger partial charge < -0.3 is 5.32 Å². The van der Waals surface area contributed by atoms with Crippen molar-refractivity contribution in [2.45, 2.75) is 38.3 Å². The first kappa shape index (κ1) is 13.1. The molecule has 0 spiro atoms. The first-order valence-electron chi connectivity index (χ1n) is 6.81. The minimum atomic E-state index is -0.362. The predicted octanol–water partition coefficient (Wildman–Crippen LogP) is 3.64. The average Bonchev–Trinajstić information content (AvgIpc) is 3.25. The number of halogens is 1. The zero-order chi connectivity index (χ0) is 13.4. The van der Waals surface area contributed by atoms with Gasteiger partial charge in [0.15, 0.2) is 0 Å². The van der Waals surface area contributed by atoms with Crippen LogP contribution in [0.25, 0.3) is 0 Å². The lowest BCUT2D eigenvalue weighted by Crippen LogP contribution is -2.32. The zero-order valence-electron chi connectivity index (χ0n) is 10.6. The number of benzene rings is 1. The summed E-state index contributed by atoms with van der Waals surface area (Å²) in [6.07, 6.45) is 5.43. The second kappa shape index (κ2) is 5.21. The molecule has 5 heteroatoms. The van der Waals surface area contributed by atoms with Gasteiger partial charge in [-0.25, -0.2) is 0 Å². The number of hydrogen-bond donors (Lipinski definition) is 1. The molecule has 0 atom stereocenters. The van der Waals surface area contributed by atoms with Crippen LogP contribution in [0.15, 0.2) is 22.7 Å². The van der Waals surface area contributed by atoms with E-state index < -0.39 is 0 Å². The van der Waals surface area contributed by atoms with E-state index in [0.717, 1.165) is 28.4 Å². The third-order valence-electron chi connectivity index (χ3n) is 4.04. The van der Waals surface area contributed by atoms with Crippen molar-refractivity contribution in [3.63, 3.8) is 0 Å². The molecule has 0 unspecified atom stereocenters. The van der Waals surface area contributed by atoms with Crippen LogP contribution in [0.4, 0.5) is 5.69 Å². The normalized spacial score (nSPS) is 18.8. The molecule has 0 amide bonds. The molecular weight excluding hydrogens is 308 g/mol. The third kappa shape index (κ3) is 3.15. The number of nitro groups is 1. The lowest BCUT2D eigenvalue weighted by molar-refractivity contribution is -0.384.